The van der Waals surface area contributed by atoms with Crippen molar-refractivity contribution in [2.45, 2.75) is 25.3 Å². The summed E-state index contributed by atoms with van der Waals surface area (Å²) in [5.41, 5.74) is 3.15. The Labute approximate surface area is 159 Å². The minimum atomic E-state index is -1.00. The molecule has 136 valence electrons. The van der Waals surface area contributed by atoms with Crippen LogP contribution in [0.25, 0.3) is 11.0 Å². The highest BCUT2D eigenvalue weighted by Gasteiger charge is 2.34. The van der Waals surface area contributed by atoms with Crippen molar-refractivity contribution in [3.05, 3.63) is 58.5 Å². The number of carboxylic acid groups (broad SMARTS) is 1. The van der Waals surface area contributed by atoms with E-state index in [1.165, 1.54) is 5.01 Å². The van der Waals surface area contributed by atoms with Gasteiger partial charge in [0.15, 0.2) is 0 Å². The lowest BCUT2D eigenvalue weighted by atomic mass is 9.99. The maximum atomic E-state index is 12.7. The number of aromatic nitrogens is 2. The fourth-order valence-electron chi connectivity index (χ4n) is 3.19. The Morgan fingerprint density at radius 3 is 2.78 bits per heavy atom. The monoisotopic (exact) mass is 380 g/mol. The second kappa shape index (κ2) is 7.24. The molecule has 1 N–H and O–H groups in total. The first-order valence-corrected chi connectivity index (χ1v) is 9.36. The molecule has 3 heterocycles. The minimum absolute atomic E-state index is 0.0938. The minimum Gasteiger partial charge on any atom is -0.481 e. The van der Waals surface area contributed by atoms with Crippen LogP contribution in [0.4, 0.5) is 0 Å². The van der Waals surface area contributed by atoms with Gasteiger partial charge in [0.2, 0.25) is 5.91 Å². The highest BCUT2D eigenvalue weighted by molar-refractivity contribution is 7.12. The molecule has 1 aromatic carbocycles. The number of hydrazone groups is 1. The van der Waals surface area contributed by atoms with Crippen LogP contribution >= 0.6 is 11.3 Å². The van der Waals surface area contributed by atoms with E-state index >= 15 is 0 Å². The van der Waals surface area contributed by atoms with Gasteiger partial charge in [0.1, 0.15) is 0 Å². The lowest BCUT2D eigenvalue weighted by Crippen LogP contribution is -2.27. The van der Waals surface area contributed by atoms with Crippen molar-refractivity contribution in [2.24, 2.45) is 5.10 Å². The molecule has 0 unspecified atom stereocenters. The highest BCUT2D eigenvalue weighted by atomic mass is 32.1. The molecule has 1 atom stereocenters. The Balaban J connectivity index is 1.73. The van der Waals surface area contributed by atoms with Gasteiger partial charge in [-0.15, -0.1) is 11.3 Å². The van der Waals surface area contributed by atoms with Gasteiger partial charge >= 0.3 is 5.97 Å². The Hall–Kier alpha value is -3.13. The number of amides is 1. The number of hydrogen-bond donors (Lipinski definition) is 1. The predicted molar refractivity (Wildman–Crippen MR) is 101 cm³/mol. The molecule has 1 amide bonds. The van der Waals surface area contributed by atoms with Crippen LogP contribution in [0.3, 0.4) is 0 Å². The molecule has 0 bridgehead atoms. The van der Waals surface area contributed by atoms with Gasteiger partial charge < -0.3 is 5.11 Å². The van der Waals surface area contributed by atoms with Crippen LogP contribution in [0.1, 0.15) is 35.7 Å². The number of rotatable bonds is 5. The summed E-state index contributed by atoms with van der Waals surface area (Å²) in [6.07, 6.45) is 3.49. The summed E-state index contributed by atoms with van der Waals surface area (Å²) in [6.45, 7) is 0. The van der Waals surface area contributed by atoms with Gasteiger partial charge in [-0.3, -0.25) is 19.6 Å². The topological polar surface area (TPSA) is 95.8 Å². The first-order chi connectivity index (χ1) is 13.1. The zero-order valence-electron chi connectivity index (χ0n) is 14.3. The molecule has 0 fully saturated rings. The number of thiophene rings is 1. The number of carboxylic acids is 1. The number of aliphatic carboxylic acids is 1. The van der Waals surface area contributed by atoms with Crippen LogP contribution in [-0.2, 0) is 9.59 Å². The number of hydrogen-bond acceptors (Lipinski definition) is 6. The third-order valence-electron chi connectivity index (χ3n) is 4.41. The van der Waals surface area contributed by atoms with Gasteiger partial charge in [-0.05, 0) is 17.5 Å². The zero-order chi connectivity index (χ0) is 18.8. The second-order valence-electron chi connectivity index (χ2n) is 6.15. The van der Waals surface area contributed by atoms with Gasteiger partial charge in [0, 0.05) is 30.8 Å². The molecule has 27 heavy (non-hydrogen) atoms. The Morgan fingerprint density at radius 1 is 1.15 bits per heavy atom. The van der Waals surface area contributed by atoms with Crippen LogP contribution < -0.4 is 0 Å². The van der Waals surface area contributed by atoms with Gasteiger partial charge in [-0.1, -0.05) is 18.2 Å². The van der Waals surface area contributed by atoms with Crippen molar-refractivity contribution in [1.29, 1.82) is 0 Å². The smallest absolute Gasteiger partial charge is 0.303 e. The number of nitrogens with zero attached hydrogens (tertiary/aromatic N) is 4. The summed E-state index contributed by atoms with van der Waals surface area (Å²) in [5, 5.41) is 16.8. The van der Waals surface area contributed by atoms with E-state index in [9.17, 15) is 9.59 Å². The third-order valence-corrected chi connectivity index (χ3v) is 5.33. The molecular formula is C19H16N4O3S. The second-order valence-corrected chi connectivity index (χ2v) is 7.09. The molecule has 0 radical (unpaired) electrons. The molecule has 0 saturated carbocycles. The number of carbonyl (C=O) groups excluding carboxylic acids is 1. The summed E-state index contributed by atoms with van der Waals surface area (Å²) in [7, 11) is 0. The first-order valence-electron chi connectivity index (χ1n) is 8.48. The van der Waals surface area contributed by atoms with E-state index in [1.807, 2.05) is 35.7 Å². The molecule has 3 aromatic rings. The summed E-state index contributed by atoms with van der Waals surface area (Å²) < 4.78 is 0. The number of para-hydroxylation sites is 1. The van der Waals surface area contributed by atoms with E-state index in [-0.39, 0.29) is 24.8 Å². The van der Waals surface area contributed by atoms with E-state index in [4.69, 9.17) is 5.11 Å². The molecule has 0 saturated heterocycles. The number of fused-ring (bicyclic) bond motifs is 1. The Kier molecular flexibility index (Phi) is 4.64. The first kappa shape index (κ1) is 17.3. The van der Waals surface area contributed by atoms with Crippen molar-refractivity contribution < 1.29 is 14.7 Å². The van der Waals surface area contributed by atoms with E-state index in [2.05, 4.69) is 15.1 Å². The predicted octanol–water partition coefficient (Wildman–Crippen LogP) is 3.23. The maximum Gasteiger partial charge on any atom is 0.303 e. The number of carbonyl (C=O) groups is 2. The highest BCUT2D eigenvalue weighted by Crippen LogP contribution is 2.36. The summed E-state index contributed by atoms with van der Waals surface area (Å²) in [4.78, 5) is 33.4. The lowest BCUT2D eigenvalue weighted by Gasteiger charge is -2.22. The van der Waals surface area contributed by atoms with E-state index in [0.29, 0.717) is 6.42 Å². The van der Waals surface area contributed by atoms with Gasteiger partial charge in [-0.2, -0.15) is 5.10 Å². The van der Waals surface area contributed by atoms with Crippen molar-refractivity contribution in [1.82, 2.24) is 15.0 Å². The molecule has 1 aliphatic rings. The van der Waals surface area contributed by atoms with Crippen LogP contribution in [0, 0.1) is 0 Å². The van der Waals surface area contributed by atoms with E-state index < -0.39 is 5.97 Å². The molecule has 0 spiro atoms. The number of benzene rings is 1. The Morgan fingerprint density at radius 2 is 2.00 bits per heavy atom. The van der Waals surface area contributed by atoms with Gasteiger partial charge in [-0.25, -0.2) is 5.01 Å². The normalized spacial score (nSPS) is 16.5. The molecule has 1 aliphatic heterocycles. The quantitative estimate of drug-likeness (QED) is 0.733. The molecule has 2 aromatic heterocycles. The fraction of sp³-hybridized carbons (Fsp3) is 0.211. The van der Waals surface area contributed by atoms with Crippen LogP contribution in [0.15, 0.2) is 53.2 Å². The molecule has 4 rings (SSSR count). The third kappa shape index (κ3) is 3.43. The van der Waals surface area contributed by atoms with Crippen LogP contribution in [0.2, 0.25) is 0 Å². The fourth-order valence-corrected chi connectivity index (χ4v) is 3.91. The van der Waals surface area contributed by atoms with Crippen molar-refractivity contribution in [2.75, 3.05) is 0 Å². The molecule has 0 aliphatic carbocycles. The van der Waals surface area contributed by atoms with E-state index in [1.54, 1.807) is 23.7 Å². The van der Waals surface area contributed by atoms with Gasteiger partial charge in [0.05, 0.1) is 34.1 Å². The van der Waals surface area contributed by atoms with Gasteiger partial charge in [0.25, 0.3) is 0 Å². The molecule has 8 heteroatoms. The van der Waals surface area contributed by atoms with E-state index in [0.717, 1.165) is 27.2 Å². The summed E-state index contributed by atoms with van der Waals surface area (Å²) in [5.74, 6) is -1.31. The average Bonchev–Trinajstić information content (AvgIpc) is 3.35. The summed E-state index contributed by atoms with van der Waals surface area (Å²) >= 11 is 1.56. The standard InChI is InChI=1S/C19H16N4O3S/c24-17(6-7-18(25)26)23-15(11-14(22-23)16-5-2-10-27-16)12-3-1-4-13-19(12)21-9-8-20-13/h1-5,8-10,15H,6-7,11H2,(H,25,26)/t15-/m1/s1. The van der Waals surface area contributed by atoms with Crippen LogP contribution in [-0.4, -0.2) is 37.7 Å². The average molecular weight is 380 g/mol. The van der Waals surface area contributed by atoms with Crippen molar-refractivity contribution >= 4 is 40.0 Å². The molecule has 7 nitrogen and oxygen atoms in total. The lowest BCUT2D eigenvalue weighted by molar-refractivity contribution is -0.141. The van der Waals surface area contributed by atoms with Crippen molar-refractivity contribution in [3.63, 3.8) is 0 Å². The zero-order valence-corrected chi connectivity index (χ0v) is 15.1. The summed E-state index contributed by atoms with van der Waals surface area (Å²) in [6, 6.07) is 9.26. The van der Waals surface area contributed by atoms with Crippen molar-refractivity contribution in [3.8, 4) is 0 Å². The largest absolute Gasteiger partial charge is 0.481 e. The Bertz CT molecular complexity index is 1030. The SMILES string of the molecule is O=C(O)CCC(=O)N1N=C(c2cccs2)C[C@@H]1c1cccc2nccnc12. The maximum absolute atomic E-state index is 12.7. The molecular weight excluding hydrogens is 364 g/mol. The van der Waals surface area contributed by atoms with Crippen LogP contribution in [0.5, 0.6) is 0 Å².